The molecule has 3 rings (SSSR count). The first-order valence-electron chi connectivity index (χ1n) is 10.5. The van der Waals surface area contributed by atoms with Crippen molar-refractivity contribution >= 4 is 0 Å². The third-order valence-electron chi connectivity index (χ3n) is 5.85. The van der Waals surface area contributed by atoms with Crippen molar-refractivity contribution < 1.29 is 4.74 Å². The molecule has 0 bridgehead atoms. The maximum absolute atomic E-state index is 5.40. The number of benzene rings is 2. The van der Waals surface area contributed by atoms with Gasteiger partial charge in [-0.3, -0.25) is 0 Å². The lowest BCUT2D eigenvalue weighted by Crippen LogP contribution is -2.45. The molecule has 1 atom stereocenters. The molecule has 4 heteroatoms. The first kappa shape index (κ1) is 20.8. The molecule has 1 unspecified atom stereocenters. The summed E-state index contributed by atoms with van der Waals surface area (Å²) in [6, 6.07) is 20.2. The van der Waals surface area contributed by atoms with Crippen LogP contribution in [-0.4, -0.2) is 63.2 Å². The quantitative estimate of drug-likeness (QED) is 0.718. The van der Waals surface area contributed by atoms with Crippen LogP contribution in [-0.2, 0) is 6.42 Å². The number of hydrogen-bond acceptors (Lipinski definition) is 4. The molecule has 0 aromatic heterocycles. The van der Waals surface area contributed by atoms with E-state index < -0.39 is 0 Å². The number of piperidine rings is 1. The summed E-state index contributed by atoms with van der Waals surface area (Å²) in [4.78, 5) is 4.90. The summed E-state index contributed by atoms with van der Waals surface area (Å²) in [6.07, 6.45) is 3.61. The lowest BCUT2D eigenvalue weighted by atomic mass is 10.0. The third kappa shape index (κ3) is 6.06. The zero-order valence-electron chi connectivity index (χ0n) is 17.6. The Morgan fingerprint density at radius 3 is 2.50 bits per heavy atom. The van der Waals surface area contributed by atoms with Crippen molar-refractivity contribution in [1.82, 2.24) is 15.1 Å². The molecular weight excluding hydrogens is 346 g/mol. The van der Waals surface area contributed by atoms with E-state index in [0.717, 1.165) is 18.7 Å². The van der Waals surface area contributed by atoms with E-state index in [0.29, 0.717) is 12.1 Å². The molecule has 1 aliphatic rings. The summed E-state index contributed by atoms with van der Waals surface area (Å²) in [7, 11) is 6.03. The second-order valence-electron chi connectivity index (χ2n) is 8.02. The van der Waals surface area contributed by atoms with E-state index in [1.807, 2.05) is 6.07 Å². The van der Waals surface area contributed by atoms with E-state index >= 15 is 0 Å². The van der Waals surface area contributed by atoms with Gasteiger partial charge in [-0.05, 0) is 69.7 Å². The van der Waals surface area contributed by atoms with Crippen molar-refractivity contribution in [2.45, 2.75) is 31.3 Å². The number of hydrogen-bond donors (Lipinski definition) is 1. The van der Waals surface area contributed by atoms with E-state index in [-0.39, 0.29) is 0 Å². The number of nitrogens with one attached hydrogen (secondary N) is 1. The first-order chi connectivity index (χ1) is 13.7. The topological polar surface area (TPSA) is 27.7 Å². The van der Waals surface area contributed by atoms with Crippen molar-refractivity contribution in [3.63, 3.8) is 0 Å². The molecule has 1 N–H and O–H groups in total. The van der Waals surface area contributed by atoms with Gasteiger partial charge in [0.25, 0.3) is 0 Å². The summed E-state index contributed by atoms with van der Waals surface area (Å²) in [5.74, 6) is 0.927. The average molecular weight is 382 g/mol. The Bertz CT molecular complexity index is 696. The van der Waals surface area contributed by atoms with Crippen molar-refractivity contribution in [3.05, 3.63) is 65.7 Å². The summed E-state index contributed by atoms with van der Waals surface area (Å²) in [5, 5.41) is 3.82. The van der Waals surface area contributed by atoms with Gasteiger partial charge in [0.05, 0.1) is 7.11 Å². The molecule has 0 aliphatic carbocycles. The second kappa shape index (κ2) is 10.6. The summed E-state index contributed by atoms with van der Waals surface area (Å²) < 4.78 is 5.40. The van der Waals surface area contributed by atoms with Gasteiger partial charge in [0.2, 0.25) is 0 Å². The molecule has 0 radical (unpaired) electrons. The molecule has 1 saturated heterocycles. The van der Waals surface area contributed by atoms with Gasteiger partial charge in [-0.15, -0.1) is 0 Å². The van der Waals surface area contributed by atoms with Crippen LogP contribution in [0.15, 0.2) is 54.6 Å². The van der Waals surface area contributed by atoms with Crippen LogP contribution in [0, 0.1) is 0 Å². The van der Waals surface area contributed by atoms with Crippen LogP contribution < -0.4 is 10.1 Å². The smallest absolute Gasteiger partial charge is 0.119 e. The fourth-order valence-electron chi connectivity index (χ4n) is 4.02. The highest BCUT2D eigenvalue weighted by atomic mass is 16.5. The summed E-state index contributed by atoms with van der Waals surface area (Å²) >= 11 is 0. The second-order valence-corrected chi connectivity index (χ2v) is 8.02. The fraction of sp³-hybridized carbons (Fsp3) is 0.500. The van der Waals surface area contributed by atoms with Crippen LogP contribution in [0.25, 0.3) is 0 Å². The third-order valence-corrected chi connectivity index (χ3v) is 5.85. The standard InChI is InChI=1S/C24H35N3O/c1-26(2)24(21-10-7-11-23(18-21)28-3)19-25-22-13-16-27(17-14-22)15-12-20-8-5-4-6-9-20/h4-11,18,22,24-25H,12-17,19H2,1-3H3. The van der Waals surface area contributed by atoms with Gasteiger partial charge >= 0.3 is 0 Å². The molecule has 28 heavy (non-hydrogen) atoms. The van der Waals surface area contributed by atoms with Crippen molar-refractivity contribution in [2.75, 3.05) is 47.4 Å². The van der Waals surface area contributed by atoms with Crippen molar-refractivity contribution in [1.29, 1.82) is 0 Å². The highest BCUT2D eigenvalue weighted by Crippen LogP contribution is 2.23. The van der Waals surface area contributed by atoms with Gasteiger partial charge in [-0.25, -0.2) is 0 Å². The summed E-state index contributed by atoms with van der Waals surface area (Å²) in [5.41, 5.74) is 2.74. The lowest BCUT2D eigenvalue weighted by molar-refractivity contribution is 0.190. The van der Waals surface area contributed by atoms with Gasteiger partial charge < -0.3 is 19.9 Å². The lowest BCUT2D eigenvalue weighted by Gasteiger charge is -2.34. The Morgan fingerprint density at radius 2 is 1.82 bits per heavy atom. The normalized spacial score (nSPS) is 17.0. The largest absolute Gasteiger partial charge is 0.497 e. The van der Waals surface area contributed by atoms with E-state index in [4.69, 9.17) is 4.74 Å². The van der Waals surface area contributed by atoms with E-state index in [1.165, 1.54) is 43.6 Å². The minimum atomic E-state index is 0.353. The molecule has 1 fully saturated rings. The molecule has 0 amide bonds. The SMILES string of the molecule is COc1cccc(C(CNC2CCN(CCc3ccccc3)CC2)N(C)C)c1. The Morgan fingerprint density at radius 1 is 1.07 bits per heavy atom. The average Bonchev–Trinajstić information content (AvgIpc) is 2.74. The van der Waals surface area contributed by atoms with Crippen LogP contribution in [0.2, 0.25) is 0 Å². The van der Waals surface area contributed by atoms with Crippen molar-refractivity contribution in [3.8, 4) is 5.75 Å². The van der Waals surface area contributed by atoms with Gasteiger partial charge in [-0.1, -0.05) is 42.5 Å². The maximum Gasteiger partial charge on any atom is 0.119 e. The highest BCUT2D eigenvalue weighted by molar-refractivity contribution is 5.30. The predicted octanol–water partition coefficient (Wildman–Crippen LogP) is 3.59. The van der Waals surface area contributed by atoms with Gasteiger partial charge in [0.1, 0.15) is 5.75 Å². The number of methoxy groups -OCH3 is 1. The van der Waals surface area contributed by atoms with Gasteiger partial charge in [0, 0.05) is 25.2 Å². The Labute approximate surface area is 170 Å². The number of rotatable bonds is 9. The Kier molecular flexibility index (Phi) is 7.90. The van der Waals surface area contributed by atoms with Crippen LogP contribution in [0.1, 0.15) is 30.0 Å². The van der Waals surface area contributed by atoms with Crippen LogP contribution >= 0.6 is 0 Å². The highest BCUT2D eigenvalue weighted by Gasteiger charge is 2.21. The number of likely N-dealkylation sites (N-methyl/N-ethyl adjacent to an activating group) is 1. The molecule has 0 spiro atoms. The van der Waals surface area contributed by atoms with Crippen LogP contribution in [0.5, 0.6) is 5.75 Å². The molecule has 0 saturated carbocycles. The molecule has 2 aromatic rings. The van der Waals surface area contributed by atoms with Gasteiger partial charge in [-0.2, -0.15) is 0 Å². The Hall–Kier alpha value is -1.88. The summed E-state index contributed by atoms with van der Waals surface area (Å²) in [6.45, 7) is 4.52. The first-order valence-corrected chi connectivity index (χ1v) is 10.5. The van der Waals surface area contributed by atoms with E-state index in [1.54, 1.807) is 7.11 Å². The molecule has 4 nitrogen and oxygen atoms in total. The van der Waals surface area contributed by atoms with Crippen molar-refractivity contribution in [2.24, 2.45) is 0 Å². The molecule has 2 aromatic carbocycles. The minimum Gasteiger partial charge on any atom is -0.497 e. The molecule has 152 valence electrons. The van der Waals surface area contributed by atoms with E-state index in [9.17, 15) is 0 Å². The zero-order valence-corrected chi connectivity index (χ0v) is 17.6. The maximum atomic E-state index is 5.40. The van der Waals surface area contributed by atoms with Gasteiger partial charge in [0.15, 0.2) is 0 Å². The minimum absolute atomic E-state index is 0.353. The number of nitrogens with zero attached hydrogens (tertiary/aromatic N) is 2. The number of ether oxygens (including phenoxy) is 1. The number of likely N-dealkylation sites (tertiary alicyclic amines) is 1. The zero-order chi connectivity index (χ0) is 19.8. The Balaban J connectivity index is 1.44. The monoisotopic (exact) mass is 381 g/mol. The molecule has 1 aliphatic heterocycles. The fourth-order valence-corrected chi connectivity index (χ4v) is 4.02. The predicted molar refractivity (Wildman–Crippen MR) is 117 cm³/mol. The van der Waals surface area contributed by atoms with Crippen LogP contribution in [0.4, 0.5) is 0 Å². The van der Waals surface area contributed by atoms with Crippen LogP contribution in [0.3, 0.4) is 0 Å². The molecule has 1 heterocycles. The molecular formula is C24H35N3O. The van der Waals surface area contributed by atoms with E-state index in [2.05, 4.69) is 77.7 Å².